The van der Waals surface area contributed by atoms with Crippen molar-refractivity contribution in [2.75, 3.05) is 18.6 Å². The molecule has 126 valence electrons. The van der Waals surface area contributed by atoms with Gasteiger partial charge in [-0.05, 0) is 43.4 Å². The van der Waals surface area contributed by atoms with Crippen molar-refractivity contribution in [3.8, 4) is 5.75 Å². The van der Waals surface area contributed by atoms with E-state index in [2.05, 4.69) is 5.32 Å². The number of nitrogens with two attached hydrogens (primary N) is 1. The van der Waals surface area contributed by atoms with Crippen LogP contribution in [0.2, 0.25) is 0 Å². The number of rotatable bonds is 9. The Kier molecular flexibility index (Phi) is 11.1. The topological polar surface area (TPSA) is 64.4 Å². The second kappa shape index (κ2) is 11.6. The molecule has 0 aliphatic carbocycles. The van der Waals surface area contributed by atoms with Crippen molar-refractivity contribution >= 4 is 30.1 Å². The van der Waals surface area contributed by atoms with Crippen molar-refractivity contribution in [3.63, 3.8) is 0 Å². The van der Waals surface area contributed by atoms with Gasteiger partial charge in [0.2, 0.25) is 5.91 Å². The third kappa shape index (κ3) is 7.38. The van der Waals surface area contributed by atoms with Crippen LogP contribution in [0.15, 0.2) is 24.3 Å². The Hall–Kier alpha value is -0.910. The van der Waals surface area contributed by atoms with Gasteiger partial charge in [-0.3, -0.25) is 4.79 Å². The van der Waals surface area contributed by atoms with Gasteiger partial charge in [-0.25, -0.2) is 0 Å². The van der Waals surface area contributed by atoms with Gasteiger partial charge in [0.25, 0.3) is 0 Å². The summed E-state index contributed by atoms with van der Waals surface area (Å²) in [5.74, 6) is 1.66. The van der Waals surface area contributed by atoms with Crippen LogP contribution in [-0.2, 0) is 4.79 Å². The van der Waals surface area contributed by atoms with E-state index in [9.17, 15) is 4.79 Å². The van der Waals surface area contributed by atoms with E-state index in [1.807, 2.05) is 44.4 Å². The van der Waals surface area contributed by atoms with Gasteiger partial charge in [0.1, 0.15) is 11.9 Å². The minimum absolute atomic E-state index is 0. The molecule has 2 atom stereocenters. The van der Waals surface area contributed by atoms with E-state index in [4.69, 9.17) is 10.5 Å². The lowest BCUT2D eigenvalue weighted by molar-refractivity contribution is -0.122. The zero-order chi connectivity index (χ0) is 15.7. The Labute approximate surface area is 144 Å². The van der Waals surface area contributed by atoms with Crippen LogP contribution in [0.1, 0.15) is 25.3 Å². The van der Waals surface area contributed by atoms with E-state index >= 15 is 0 Å². The van der Waals surface area contributed by atoms with Gasteiger partial charge in [-0.2, -0.15) is 11.8 Å². The zero-order valence-corrected chi connectivity index (χ0v) is 15.1. The second-order valence-corrected chi connectivity index (χ2v) is 6.03. The number of benzene rings is 1. The average Bonchev–Trinajstić information content (AvgIpc) is 2.50. The van der Waals surface area contributed by atoms with Crippen molar-refractivity contribution in [1.82, 2.24) is 5.32 Å². The molecule has 0 radical (unpaired) electrons. The summed E-state index contributed by atoms with van der Waals surface area (Å²) in [4.78, 5) is 11.9. The number of hydrogen-bond donors (Lipinski definition) is 2. The number of aryl methyl sites for hydroxylation is 1. The first-order valence-electron chi connectivity index (χ1n) is 7.33. The normalized spacial score (nSPS) is 12.9. The first kappa shape index (κ1) is 21.1. The van der Waals surface area contributed by atoms with Gasteiger partial charge in [-0.15, -0.1) is 12.4 Å². The minimum atomic E-state index is -0.437. The van der Waals surface area contributed by atoms with Crippen molar-refractivity contribution < 1.29 is 9.53 Å². The molecular weight excluding hydrogens is 320 g/mol. The molecule has 1 amide bonds. The Balaban J connectivity index is 0.00000441. The fraction of sp³-hybridized carbons (Fsp3) is 0.562. The quantitative estimate of drug-likeness (QED) is 0.721. The zero-order valence-electron chi connectivity index (χ0n) is 13.5. The van der Waals surface area contributed by atoms with E-state index in [0.29, 0.717) is 13.0 Å². The molecule has 1 rings (SSSR count). The molecule has 0 fully saturated rings. The van der Waals surface area contributed by atoms with Crippen LogP contribution < -0.4 is 15.8 Å². The molecule has 4 nitrogen and oxygen atoms in total. The van der Waals surface area contributed by atoms with Gasteiger partial charge in [0.15, 0.2) is 0 Å². The molecule has 0 aromatic heterocycles. The number of para-hydroxylation sites is 1. The van der Waals surface area contributed by atoms with Crippen molar-refractivity contribution in [2.45, 2.75) is 38.8 Å². The first-order chi connectivity index (χ1) is 10.1. The standard InChI is InChI=1S/C16H26N2O2S.ClH/c1-4-13(20-15-8-6-5-7-12(15)2)11-18-16(19)14(17)9-10-21-3;/h5-8,13-14H,4,9-11,17H2,1-3H3,(H,18,19);1H/t13?,14-;/m0./s1. The molecule has 0 aliphatic heterocycles. The Morgan fingerprint density at radius 2 is 2.09 bits per heavy atom. The van der Waals surface area contributed by atoms with Gasteiger partial charge < -0.3 is 15.8 Å². The van der Waals surface area contributed by atoms with Crippen molar-refractivity contribution in [1.29, 1.82) is 0 Å². The van der Waals surface area contributed by atoms with Crippen LogP contribution >= 0.6 is 24.2 Å². The van der Waals surface area contributed by atoms with Crippen molar-refractivity contribution in [3.05, 3.63) is 29.8 Å². The minimum Gasteiger partial charge on any atom is -0.488 e. The highest BCUT2D eigenvalue weighted by molar-refractivity contribution is 7.98. The average molecular weight is 347 g/mol. The molecule has 0 bridgehead atoms. The number of halogens is 1. The van der Waals surface area contributed by atoms with Crippen LogP contribution in [0.5, 0.6) is 5.75 Å². The number of amides is 1. The molecule has 1 aromatic rings. The molecular formula is C16H27ClN2O2S. The smallest absolute Gasteiger partial charge is 0.237 e. The third-order valence-corrected chi connectivity index (χ3v) is 3.96. The molecule has 6 heteroatoms. The van der Waals surface area contributed by atoms with E-state index in [1.54, 1.807) is 11.8 Å². The predicted octanol–water partition coefficient (Wildman–Crippen LogP) is 2.77. The van der Waals surface area contributed by atoms with Gasteiger partial charge in [-0.1, -0.05) is 25.1 Å². The monoisotopic (exact) mass is 346 g/mol. The lowest BCUT2D eigenvalue weighted by Gasteiger charge is -2.20. The summed E-state index contributed by atoms with van der Waals surface area (Å²) in [6, 6.07) is 7.46. The number of carbonyl (C=O) groups is 1. The molecule has 22 heavy (non-hydrogen) atoms. The summed E-state index contributed by atoms with van der Waals surface area (Å²) in [6.07, 6.45) is 3.49. The Morgan fingerprint density at radius 3 is 2.68 bits per heavy atom. The maximum absolute atomic E-state index is 11.9. The summed E-state index contributed by atoms with van der Waals surface area (Å²) < 4.78 is 5.95. The Morgan fingerprint density at radius 1 is 1.41 bits per heavy atom. The van der Waals surface area contributed by atoms with Crippen LogP contribution in [0.3, 0.4) is 0 Å². The maximum Gasteiger partial charge on any atom is 0.237 e. The number of hydrogen-bond acceptors (Lipinski definition) is 4. The summed E-state index contributed by atoms with van der Waals surface area (Å²) >= 11 is 1.69. The lowest BCUT2D eigenvalue weighted by atomic mass is 10.2. The predicted molar refractivity (Wildman–Crippen MR) is 97.1 cm³/mol. The fourth-order valence-corrected chi connectivity index (χ4v) is 2.35. The molecule has 3 N–H and O–H groups in total. The lowest BCUT2D eigenvalue weighted by Crippen LogP contribution is -2.44. The number of ether oxygens (including phenoxy) is 1. The van der Waals surface area contributed by atoms with Gasteiger partial charge >= 0.3 is 0 Å². The molecule has 0 spiro atoms. The van der Waals surface area contributed by atoms with Crippen LogP contribution in [0.4, 0.5) is 0 Å². The van der Waals surface area contributed by atoms with E-state index < -0.39 is 6.04 Å². The summed E-state index contributed by atoms with van der Waals surface area (Å²) in [7, 11) is 0. The largest absolute Gasteiger partial charge is 0.488 e. The number of carbonyl (C=O) groups excluding carboxylic acids is 1. The van der Waals surface area contributed by atoms with Crippen LogP contribution in [0.25, 0.3) is 0 Å². The first-order valence-corrected chi connectivity index (χ1v) is 8.72. The van der Waals surface area contributed by atoms with E-state index in [-0.39, 0.29) is 24.4 Å². The van der Waals surface area contributed by atoms with E-state index in [0.717, 1.165) is 23.5 Å². The highest BCUT2D eigenvalue weighted by Gasteiger charge is 2.15. The van der Waals surface area contributed by atoms with E-state index in [1.165, 1.54) is 0 Å². The fourth-order valence-electron chi connectivity index (χ4n) is 1.86. The van der Waals surface area contributed by atoms with Crippen LogP contribution in [0, 0.1) is 6.92 Å². The maximum atomic E-state index is 11.9. The molecule has 0 saturated carbocycles. The SMILES string of the molecule is CCC(CNC(=O)[C@@H](N)CCSC)Oc1ccccc1C.Cl. The number of nitrogens with one attached hydrogen (secondary N) is 1. The molecule has 0 aliphatic rings. The molecule has 1 aromatic carbocycles. The second-order valence-electron chi connectivity index (χ2n) is 5.05. The Bertz CT molecular complexity index is 446. The highest BCUT2D eigenvalue weighted by Crippen LogP contribution is 2.18. The molecule has 0 saturated heterocycles. The van der Waals surface area contributed by atoms with Crippen LogP contribution in [-0.4, -0.2) is 36.6 Å². The summed E-state index contributed by atoms with van der Waals surface area (Å²) in [6.45, 7) is 4.54. The summed E-state index contributed by atoms with van der Waals surface area (Å²) in [5.41, 5.74) is 6.94. The van der Waals surface area contributed by atoms with Crippen molar-refractivity contribution in [2.24, 2.45) is 5.73 Å². The highest BCUT2D eigenvalue weighted by atomic mass is 35.5. The number of thioether (sulfide) groups is 1. The van der Waals surface area contributed by atoms with Gasteiger partial charge in [0.05, 0.1) is 12.6 Å². The molecule has 0 heterocycles. The third-order valence-electron chi connectivity index (χ3n) is 3.32. The van der Waals surface area contributed by atoms with Gasteiger partial charge in [0, 0.05) is 0 Å². The molecule has 1 unspecified atom stereocenters. The summed E-state index contributed by atoms with van der Waals surface area (Å²) in [5, 5.41) is 2.88.